The SMILES string of the molecule is O=C(O)c1ccc(CS)cc1Br. The minimum atomic E-state index is -0.924. The topological polar surface area (TPSA) is 37.3 Å². The predicted octanol–water partition coefficient (Wildman–Crippen LogP) is 2.58. The maximum absolute atomic E-state index is 10.6. The fourth-order valence-corrected chi connectivity index (χ4v) is 1.62. The van der Waals surface area contributed by atoms with Crippen LogP contribution in [-0.2, 0) is 5.75 Å². The molecule has 0 bridgehead atoms. The Balaban J connectivity index is 3.12. The molecule has 64 valence electrons. The van der Waals surface area contributed by atoms with Crippen LogP contribution in [0.2, 0.25) is 0 Å². The van der Waals surface area contributed by atoms with Crippen LogP contribution in [0.5, 0.6) is 0 Å². The van der Waals surface area contributed by atoms with E-state index in [0.717, 1.165) is 5.56 Å². The molecule has 4 heteroatoms. The zero-order valence-electron chi connectivity index (χ0n) is 6.12. The molecule has 1 N–H and O–H groups in total. The second-order valence-corrected chi connectivity index (χ2v) is 3.45. The van der Waals surface area contributed by atoms with Crippen LogP contribution in [-0.4, -0.2) is 11.1 Å². The van der Waals surface area contributed by atoms with Gasteiger partial charge in [0.05, 0.1) is 5.56 Å². The van der Waals surface area contributed by atoms with Crippen LogP contribution >= 0.6 is 28.6 Å². The van der Waals surface area contributed by atoms with E-state index in [0.29, 0.717) is 10.2 Å². The zero-order chi connectivity index (χ0) is 9.14. The monoisotopic (exact) mass is 246 g/mol. The summed E-state index contributed by atoms with van der Waals surface area (Å²) in [6, 6.07) is 5.08. The fourth-order valence-electron chi connectivity index (χ4n) is 0.830. The maximum atomic E-state index is 10.6. The Hall–Kier alpha value is -0.480. The summed E-state index contributed by atoms with van der Waals surface area (Å²) in [5.41, 5.74) is 1.27. The summed E-state index contributed by atoms with van der Waals surface area (Å²) >= 11 is 7.25. The second-order valence-electron chi connectivity index (χ2n) is 2.28. The van der Waals surface area contributed by atoms with E-state index < -0.39 is 5.97 Å². The molecule has 0 aliphatic heterocycles. The first-order valence-electron chi connectivity index (χ1n) is 3.27. The number of benzene rings is 1. The highest BCUT2D eigenvalue weighted by molar-refractivity contribution is 9.10. The normalized spacial score (nSPS) is 9.83. The van der Waals surface area contributed by atoms with Gasteiger partial charge in [-0.3, -0.25) is 0 Å². The molecule has 0 saturated heterocycles. The minimum absolute atomic E-state index is 0.278. The third-order valence-electron chi connectivity index (χ3n) is 1.45. The number of carboxylic acid groups (broad SMARTS) is 1. The summed E-state index contributed by atoms with van der Waals surface area (Å²) in [6.45, 7) is 0. The van der Waals surface area contributed by atoms with Crippen molar-refractivity contribution >= 4 is 34.5 Å². The Morgan fingerprint density at radius 2 is 2.25 bits per heavy atom. The molecule has 0 spiro atoms. The lowest BCUT2D eigenvalue weighted by Crippen LogP contribution is -1.97. The van der Waals surface area contributed by atoms with E-state index in [-0.39, 0.29) is 5.56 Å². The van der Waals surface area contributed by atoms with E-state index >= 15 is 0 Å². The highest BCUT2D eigenvalue weighted by Crippen LogP contribution is 2.19. The van der Waals surface area contributed by atoms with Gasteiger partial charge in [-0.15, -0.1) is 0 Å². The van der Waals surface area contributed by atoms with Gasteiger partial charge in [-0.05, 0) is 33.6 Å². The average molecular weight is 247 g/mol. The Kier molecular flexibility index (Phi) is 3.17. The summed E-state index contributed by atoms with van der Waals surface area (Å²) in [6.07, 6.45) is 0. The van der Waals surface area contributed by atoms with Crippen LogP contribution < -0.4 is 0 Å². The molecular formula is C8H7BrO2S. The van der Waals surface area contributed by atoms with Crippen molar-refractivity contribution in [2.75, 3.05) is 0 Å². The first-order chi connectivity index (χ1) is 5.65. The number of halogens is 1. The highest BCUT2D eigenvalue weighted by Gasteiger charge is 2.07. The number of hydrogen-bond acceptors (Lipinski definition) is 2. The van der Waals surface area contributed by atoms with Gasteiger partial charge in [-0.1, -0.05) is 6.07 Å². The Morgan fingerprint density at radius 1 is 1.58 bits per heavy atom. The molecule has 0 radical (unpaired) electrons. The van der Waals surface area contributed by atoms with Crippen molar-refractivity contribution in [2.24, 2.45) is 0 Å². The number of carbonyl (C=O) groups is 1. The summed E-state index contributed by atoms with van der Waals surface area (Å²) in [5, 5.41) is 8.68. The third kappa shape index (κ3) is 2.01. The maximum Gasteiger partial charge on any atom is 0.336 e. The second kappa shape index (κ2) is 3.96. The summed E-state index contributed by atoms with van der Waals surface area (Å²) in [7, 11) is 0. The largest absolute Gasteiger partial charge is 0.478 e. The van der Waals surface area contributed by atoms with E-state index in [4.69, 9.17) is 5.11 Å². The summed E-state index contributed by atoms with van der Waals surface area (Å²) < 4.78 is 0.599. The molecule has 0 saturated carbocycles. The number of carboxylic acids is 1. The Labute approximate surface area is 84.1 Å². The van der Waals surface area contributed by atoms with Gasteiger partial charge in [0.25, 0.3) is 0 Å². The molecule has 2 nitrogen and oxygen atoms in total. The van der Waals surface area contributed by atoms with Gasteiger partial charge >= 0.3 is 5.97 Å². The van der Waals surface area contributed by atoms with Crippen LogP contribution in [0.25, 0.3) is 0 Å². The van der Waals surface area contributed by atoms with Crippen molar-refractivity contribution < 1.29 is 9.90 Å². The van der Waals surface area contributed by atoms with Crippen molar-refractivity contribution in [3.05, 3.63) is 33.8 Å². The van der Waals surface area contributed by atoms with Crippen LogP contribution in [0.1, 0.15) is 15.9 Å². The van der Waals surface area contributed by atoms with Gasteiger partial charge in [-0.2, -0.15) is 12.6 Å². The molecule has 1 aromatic carbocycles. The first-order valence-corrected chi connectivity index (χ1v) is 4.70. The minimum Gasteiger partial charge on any atom is -0.478 e. The fraction of sp³-hybridized carbons (Fsp3) is 0.125. The number of hydrogen-bond donors (Lipinski definition) is 2. The summed E-state index contributed by atoms with van der Waals surface area (Å²) in [4.78, 5) is 10.6. The molecule has 1 aromatic rings. The van der Waals surface area contributed by atoms with Gasteiger partial charge in [0, 0.05) is 10.2 Å². The predicted molar refractivity (Wildman–Crippen MR) is 53.8 cm³/mol. The molecule has 0 aliphatic carbocycles. The van der Waals surface area contributed by atoms with Crippen molar-refractivity contribution in [3.63, 3.8) is 0 Å². The molecular weight excluding hydrogens is 240 g/mol. The first kappa shape index (κ1) is 9.61. The van der Waals surface area contributed by atoms with Gasteiger partial charge in [0.1, 0.15) is 0 Å². The van der Waals surface area contributed by atoms with Crippen LogP contribution in [0, 0.1) is 0 Å². The van der Waals surface area contributed by atoms with E-state index in [1.54, 1.807) is 18.2 Å². The summed E-state index contributed by atoms with van der Waals surface area (Å²) in [5.74, 6) is -0.314. The van der Waals surface area contributed by atoms with Crippen molar-refractivity contribution in [1.82, 2.24) is 0 Å². The Bertz CT molecular complexity index is 312. The molecule has 0 heterocycles. The third-order valence-corrected chi connectivity index (χ3v) is 2.47. The Morgan fingerprint density at radius 3 is 2.67 bits per heavy atom. The molecule has 1 rings (SSSR count). The standard InChI is InChI=1S/C8H7BrO2S/c9-7-3-5(4-12)1-2-6(7)8(10)11/h1-3,12H,4H2,(H,10,11). The lowest BCUT2D eigenvalue weighted by atomic mass is 10.1. The molecule has 12 heavy (non-hydrogen) atoms. The van der Waals surface area contributed by atoms with Gasteiger partial charge in [0.2, 0.25) is 0 Å². The molecule has 0 aromatic heterocycles. The van der Waals surface area contributed by atoms with E-state index in [1.165, 1.54) is 0 Å². The van der Waals surface area contributed by atoms with Gasteiger partial charge in [0.15, 0.2) is 0 Å². The lowest BCUT2D eigenvalue weighted by molar-refractivity contribution is 0.0696. The number of aromatic carboxylic acids is 1. The molecule has 0 amide bonds. The van der Waals surface area contributed by atoms with E-state index in [2.05, 4.69) is 28.6 Å². The number of thiol groups is 1. The van der Waals surface area contributed by atoms with E-state index in [9.17, 15) is 4.79 Å². The smallest absolute Gasteiger partial charge is 0.336 e. The molecule has 0 fully saturated rings. The average Bonchev–Trinajstić information content (AvgIpc) is 2.03. The van der Waals surface area contributed by atoms with Gasteiger partial charge in [-0.25, -0.2) is 4.79 Å². The lowest BCUT2D eigenvalue weighted by Gasteiger charge is -2.00. The zero-order valence-corrected chi connectivity index (χ0v) is 8.60. The molecule has 0 unspecified atom stereocenters. The van der Waals surface area contributed by atoms with Crippen LogP contribution in [0.4, 0.5) is 0 Å². The van der Waals surface area contributed by atoms with Gasteiger partial charge < -0.3 is 5.11 Å². The van der Waals surface area contributed by atoms with Crippen LogP contribution in [0.3, 0.4) is 0 Å². The quantitative estimate of drug-likeness (QED) is 0.788. The van der Waals surface area contributed by atoms with Crippen molar-refractivity contribution in [2.45, 2.75) is 5.75 Å². The number of rotatable bonds is 2. The molecule has 0 aliphatic rings. The van der Waals surface area contributed by atoms with Crippen molar-refractivity contribution in [3.8, 4) is 0 Å². The molecule has 0 atom stereocenters. The van der Waals surface area contributed by atoms with E-state index in [1.807, 2.05) is 0 Å². The van der Waals surface area contributed by atoms with Crippen molar-refractivity contribution in [1.29, 1.82) is 0 Å². The van der Waals surface area contributed by atoms with Crippen LogP contribution in [0.15, 0.2) is 22.7 Å². The highest BCUT2D eigenvalue weighted by atomic mass is 79.9.